The molecule has 0 atom stereocenters. The van der Waals surface area contributed by atoms with E-state index in [1.54, 1.807) is 10.7 Å². The van der Waals surface area contributed by atoms with Crippen LogP contribution in [-0.4, -0.2) is 34.7 Å². The standard InChI is InChI=1S/C20H21ClN4O/c1-24(2)13-15-11-23-25(14-15)19-10-6-4-8-17(19)20(26)22-12-16-7-3-5-9-18(16)21/h3-11,14H,12-13H2,1-2H3,(H,22,26). The lowest BCUT2D eigenvalue weighted by atomic mass is 10.1. The van der Waals surface area contributed by atoms with E-state index in [1.165, 1.54) is 0 Å². The molecular formula is C20H21ClN4O. The Hall–Kier alpha value is -2.63. The summed E-state index contributed by atoms with van der Waals surface area (Å²) < 4.78 is 1.74. The van der Waals surface area contributed by atoms with Gasteiger partial charge in [-0.05, 0) is 37.9 Å². The first-order chi connectivity index (χ1) is 12.5. The minimum Gasteiger partial charge on any atom is -0.348 e. The Bertz CT molecular complexity index is 904. The molecule has 0 unspecified atom stereocenters. The van der Waals surface area contributed by atoms with Gasteiger partial charge in [-0.1, -0.05) is 41.9 Å². The molecule has 1 aromatic heterocycles. The van der Waals surface area contributed by atoms with Crippen LogP contribution in [0.3, 0.4) is 0 Å². The van der Waals surface area contributed by atoms with Crippen molar-refractivity contribution in [1.29, 1.82) is 0 Å². The molecule has 0 fully saturated rings. The van der Waals surface area contributed by atoms with E-state index in [0.29, 0.717) is 17.1 Å². The number of benzene rings is 2. The number of nitrogens with zero attached hydrogens (tertiary/aromatic N) is 3. The van der Waals surface area contributed by atoms with E-state index in [4.69, 9.17) is 11.6 Å². The van der Waals surface area contributed by atoms with Crippen molar-refractivity contribution in [1.82, 2.24) is 20.0 Å². The van der Waals surface area contributed by atoms with Gasteiger partial charge in [-0.15, -0.1) is 0 Å². The Balaban J connectivity index is 1.79. The lowest BCUT2D eigenvalue weighted by Crippen LogP contribution is -2.24. The summed E-state index contributed by atoms with van der Waals surface area (Å²) in [4.78, 5) is 14.8. The molecular weight excluding hydrogens is 348 g/mol. The molecule has 134 valence electrons. The Morgan fingerprint density at radius 2 is 1.88 bits per heavy atom. The number of carbonyl (C=O) groups excluding carboxylic acids is 1. The molecule has 0 saturated carbocycles. The van der Waals surface area contributed by atoms with Gasteiger partial charge >= 0.3 is 0 Å². The lowest BCUT2D eigenvalue weighted by molar-refractivity contribution is 0.0951. The molecule has 0 spiro atoms. The van der Waals surface area contributed by atoms with Gasteiger partial charge in [0, 0.05) is 29.9 Å². The highest BCUT2D eigenvalue weighted by atomic mass is 35.5. The zero-order valence-corrected chi connectivity index (χ0v) is 15.6. The quantitative estimate of drug-likeness (QED) is 0.724. The second-order valence-corrected chi connectivity index (χ2v) is 6.73. The van der Waals surface area contributed by atoms with Crippen molar-refractivity contribution in [2.24, 2.45) is 0 Å². The predicted molar refractivity (Wildman–Crippen MR) is 104 cm³/mol. The number of amides is 1. The van der Waals surface area contributed by atoms with E-state index in [2.05, 4.69) is 15.3 Å². The number of nitrogens with one attached hydrogen (secondary N) is 1. The molecule has 6 heteroatoms. The maximum absolute atomic E-state index is 12.7. The van der Waals surface area contributed by atoms with Crippen LogP contribution < -0.4 is 5.32 Å². The van der Waals surface area contributed by atoms with Gasteiger partial charge in [-0.3, -0.25) is 4.79 Å². The normalized spacial score (nSPS) is 10.9. The highest BCUT2D eigenvalue weighted by Crippen LogP contribution is 2.17. The average molecular weight is 369 g/mol. The largest absolute Gasteiger partial charge is 0.348 e. The first-order valence-corrected chi connectivity index (χ1v) is 8.71. The highest BCUT2D eigenvalue weighted by molar-refractivity contribution is 6.31. The number of halogens is 1. The number of hydrogen-bond donors (Lipinski definition) is 1. The minimum absolute atomic E-state index is 0.162. The second kappa shape index (κ2) is 8.17. The van der Waals surface area contributed by atoms with Gasteiger partial charge in [0.15, 0.2) is 0 Å². The molecule has 3 aromatic rings. The topological polar surface area (TPSA) is 50.2 Å². The highest BCUT2D eigenvalue weighted by Gasteiger charge is 2.13. The number of aromatic nitrogens is 2. The minimum atomic E-state index is -0.162. The van der Waals surface area contributed by atoms with Gasteiger partial charge in [0.25, 0.3) is 5.91 Å². The van der Waals surface area contributed by atoms with Gasteiger partial charge in [-0.25, -0.2) is 4.68 Å². The van der Waals surface area contributed by atoms with Crippen molar-refractivity contribution in [2.75, 3.05) is 14.1 Å². The lowest BCUT2D eigenvalue weighted by Gasteiger charge is -2.11. The van der Waals surface area contributed by atoms with E-state index < -0.39 is 0 Å². The molecule has 2 aromatic carbocycles. The van der Waals surface area contributed by atoms with Gasteiger partial charge in [0.1, 0.15) is 0 Å². The smallest absolute Gasteiger partial charge is 0.253 e. The maximum Gasteiger partial charge on any atom is 0.253 e. The molecule has 1 heterocycles. The van der Waals surface area contributed by atoms with Gasteiger partial charge in [0.2, 0.25) is 0 Å². The van der Waals surface area contributed by atoms with Crippen LogP contribution in [-0.2, 0) is 13.1 Å². The molecule has 0 aliphatic rings. The third-order valence-electron chi connectivity index (χ3n) is 3.93. The molecule has 5 nitrogen and oxygen atoms in total. The fourth-order valence-electron chi connectivity index (χ4n) is 2.72. The van der Waals surface area contributed by atoms with E-state index in [1.807, 2.05) is 69.0 Å². The number of carbonyl (C=O) groups is 1. The Kier molecular flexibility index (Phi) is 5.71. The summed E-state index contributed by atoms with van der Waals surface area (Å²) >= 11 is 6.16. The zero-order chi connectivity index (χ0) is 18.5. The first kappa shape index (κ1) is 18.2. The Morgan fingerprint density at radius 1 is 1.15 bits per heavy atom. The summed E-state index contributed by atoms with van der Waals surface area (Å²) in [7, 11) is 4.01. The Morgan fingerprint density at radius 3 is 2.65 bits per heavy atom. The molecule has 0 saturated heterocycles. The Labute approximate surface area is 158 Å². The summed E-state index contributed by atoms with van der Waals surface area (Å²) in [5.74, 6) is -0.162. The number of hydrogen-bond acceptors (Lipinski definition) is 3. The van der Waals surface area contributed by atoms with Crippen LogP contribution in [0.5, 0.6) is 0 Å². The van der Waals surface area contributed by atoms with Crippen molar-refractivity contribution in [3.8, 4) is 5.69 Å². The average Bonchev–Trinajstić information content (AvgIpc) is 3.08. The van der Waals surface area contributed by atoms with Crippen LogP contribution in [0.2, 0.25) is 5.02 Å². The molecule has 0 aliphatic heterocycles. The van der Waals surface area contributed by atoms with Crippen molar-refractivity contribution in [3.63, 3.8) is 0 Å². The summed E-state index contributed by atoms with van der Waals surface area (Å²) in [6, 6.07) is 14.9. The molecule has 0 bridgehead atoms. The van der Waals surface area contributed by atoms with Gasteiger partial charge in [0.05, 0.1) is 17.4 Å². The summed E-state index contributed by atoms with van der Waals surface area (Å²) in [5, 5.41) is 7.98. The van der Waals surface area contributed by atoms with Crippen LogP contribution >= 0.6 is 11.6 Å². The maximum atomic E-state index is 12.7. The van der Waals surface area contributed by atoms with Crippen LogP contribution in [0.15, 0.2) is 60.9 Å². The van der Waals surface area contributed by atoms with E-state index >= 15 is 0 Å². The molecule has 0 radical (unpaired) electrons. The zero-order valence-electron chi connectivity index (χ0n) is 14.8. The fraction of sp³-hybridized carbons (Fsp3) is 0.200. The van der Waals surface area contributed by atoms with Crippen LogP contribution in [0.4, 0.5) is 0 Å². The summed E-state index contributed by atoms with van der Waals surface area (Å²) in [5.41, 5.74) is 3.28. The second-order valence-electron chi connectivity index (χ2n) is 6.32. The van der Waals surface area contributed by atoms with E-state index in [-0.39, 0.29) is 5.91 Å². The van der Waals surface area contributed by atoms with Crippen LogP contribution in [0.1, 0.15) is 21.5 Å². The van der Waals surface area contributed by atoms with Crippen molar-refractivity contribution in [3.05, 3.63) is 82.6 Å². The van der Waals surface area contributed by atoms with Crippen molar-refractivity contribution in [2.45, 2.75) is 13.1 Å². The molecule has 0 aliphatic carbocycles. The van der Waals surface area contributed by atoms with Gasteiger partial charge in [-0.2, -0.15) is 5.10 Å². The van der Waals surface area contributed by atoms with E-state index in [9.17, 15) is 4.79 Å². The summed E-state index contributed by atoms with van der Waals surface area (Å²) in [6.07, 6.45) is 3.76. The van der Waals surface area contributed by atoms with Crippen LogP contribution in [0.25, 0.3) is 5.69 Å². The molecule has 1 amide bonds. The number of para-hydroxylation sites is 1. The monoisotopic (exact) mass is 368 g/mol. The van der Waals surface area contributed by atoms with Crippen molar-refractivity contribution < 1.29 is 4.79 Å². The van der Waals surface area contributed by atoms with Gasteiger partial charge < -0.3 is 10.2 Å². The number of rotatable bonds is 6. The molecule has 3 rings (SSSR count). The predicted octanol–water partition coefficient (Wildman–Crippen LogP) is 3.52. The SMILES string of the molecule is CN(C)Cc1cnn(-c2ccccc2C(=O)NCc2ccccc2Cl)c1. The van der Waals surface area contributed by atoms with Crippen LogP contribution in [0, 0.1) is 0 Å². The fourth-order valence-corrected chi connectivity index (χ4v) is 2.92. The first-order valence-electron chi connectivity index (χ1n) is 8.34. The summed E-state index contributed by atoms with van der Waals surface area (Å²) in [6.45, 7) is 1.17. The molecule has 26 heavy (non-hydrogen) atoms. The van der Waals surface area contributed by atoms with Crippen molar-refractivity contribution >= 4 is 17.5 Å². The molecule has 1 N–H and O–H groups in total. The third-order valence-corrected chi connectivity index (χ3v) is 4.30. The third kappa shape index (κ3) is 4.31. The van der Waals surface area contributed by atoms with E-state index in [0.717, 1.165) is 23.4 Å².